The molecule has 1 N–H and O–H groups in total. The fourth-order valence-electron chi connectivity index (χ4n) is 3.75. The zero-order valence-corrected chi connectivity index (χ0v) is 17.8. The van der Waals surface area contributed by atoms with E-state index in [1.54, 1.807) is 23.2 Å². The molecule has 0 atom stereocenters. The van der Waals surface area contributed by atoms with Crippen molar-refractivity contribution < 1.29 is 4.79 Å². The average Bonchev–Trinajstić information content (AvgIpc) is 3.18. The quantitative estimate of drug-likeness (QED) is 0.469. The van der Waals surface area contributed by atoms with E-state index in [9.17, 15) is 9.59 Å². The van der Waals surface area contributed by atoms with Crippen molar-refractivity contribution in [3.8, 4) is 11.3 Å². The maximum atomic E-state index is 13.2. The van der Waals surface area contributed by atoms with Gasteiger partial charge in [-0.3, -0.25) is 24.1 Å². The fourth-order valence-corrected chi connectivity index (χ4v) is 3.75. The standard InChI is InChI=1S/C25H26N4O2/c1-17(2)12-23-25(31)29(24(15-27-23)18-6-4-3-5-7-18)16-21(30)9-8-20-13-19-14-26-11-10-22(19)28-20/h3-7,10-11,13-15,17,28H,8-9,12,16H2,1-2H3. The zero-order chi connectivity index (χ0) is 21.8. The number of benzene rings is 1. The predicted molar refractivity (Wildman–Crippen MR) is 122 cm³/mol. The van der Waals surface area contributed by atoms with Crippen LogP contribution < -0.4 is 5.56 Å². The molecule has 1 aromatic carbocycles. The van der Waals surface area contributed by atoms with Crippen LogP contribution in [-0.2, 0) is 24.2 Å². The van der Waals surface area contributed by atoms with Crippen LogP contribution in [0.3, 0.4) is 0 Å². The maximum absolute atomic E-state index is 13.2. The lowest BCUT2D eigenvalue weighted by Gasteiger charge is -2.14. The fraction of sp³-hybridized carbons (Fsp3) is 0.280. The topological polar surface area (TPSA) is 80.6 Å². The first-order valence-corrected chi connectivity index (χ1v) is 10.6. The van der Waals surface area contributed by atoms with Gasteiger partial charge >= 0.3 is 0 Å². The second-order valence-corrected chi connectivity index (χ2v) is 8.24. The third kappa shape index (κ3) is 4.79. The van der Waals surface area contributed by atoms with Gasteiger partial charge in [-0.15, -0.1) is 0 Å². The summed E-state index contributed by atoms with van der Waals surface area (Å²) in [5.74, 6) is 0.321. The number of rotatable bonds is 8. The number of aromatic nitrogens is 4. The number of Topliss-reactive ketones (excluding diaryl/α,β-unsaturated/α-hetero) is 1. The third-order valence-electron chi connectivity index (χ3n) is 5.28. The molecule has 6 nitrogen and oxygen atoms in total. The number of hydrogen-bond donors (Lipinski definition) is 1. The highest BCUT2D eigenvalue weighted by Gasteiger charge is 2.16. The van der Waals surface area contributed by atoms with E-state index in [2.05, 4.69) is 28.8 Å². The van der Waals surface area contributed by atoms with E-state index in [-0.39, 0.29) is 17.9 Å². The number of carbonyl (C=O) groups excluding carboxylic acids is 1. The molecule has 0 aliphatic heterocycles. The van der Waals surface area contributed by atoms with E-state index in [1.807, 2.05) is 42.5 Å². The summed E-state index contributed by atoms with van der Waals surface area (Å²) in [6.07, 6.45) is 6.78. The molecule has 3 aromatic heterocycles. The summed E-state index contributed by atoms with van der Waals surface area (Å²) >= 11 is 0. The number of nitrogens with zero attached hydrogens (tertiary/aromatic N) is 3. The highest BCUT2D eigenvalue weighted by atomic mass is 16.1. The Morgan fingerprint density at radius 1 is 1.13 bits per heavy atom. The maximum Gasteiger partial charge on any atom is 0.273 e. The van der Waals surface area contributed by atoms with Gasteiger partial charge < -0.3 is 4.98 Å². The van der Waals surface area contributed by atoms with Gasteiger partial charge in [-0.2, -0.15) is 0 Å². The molecule has 4 aromatic rings. The van der Waals surface area contributed by atoms with Gasteiger partial charge in [0.05, 0.1) is 18.4 Å². The second-order valence-electron chi connectivity index (χ2n) is 8.24. The van der Waals surface area contributed by atoms with E-state index in [4.69, 9.17) is 0 Å². The Morgan fingerprint density at radius 3 is 2.68 bits per heavy atom. The Hall–Kier alpha value is -3.54. The molecule has 0 saturated heterocycles. The Bertz CT molecular complexity index is 1220. The highest BCUT2D eigenvalue weighted by molar-refractivity contribution is 5.81. The highest BCUT2D eigenvalue weighted by Crippen LogP contribution is 2.18. The van der Waals surface area contributed by atoms with Crippen molar-refractivity contribution in [3.05, 3.63) is 82.8 Å². The summed E-state index contributed by atoms with van der Waals surface area (Å²) < 4.78 is 1.58. The van der Waals surface area contributed by atoms with Crippen LogP contribution in [0.5, 0.6) is 0 Å². The van der Waals surface area contributed by atoms with Crippen LogP contribution in [0.25, 0.3) is 22.2 Å². The normalized spacial score (nSPS) is 11.3. The van der Waals surface area contributed by atoms with Gasteiger partial charge in [0.1, 0.15) is 5.69 Å². The van der Waals surface area contributed by atoms with Gasteiger partial charge in [0.2, 0.25) is 0 Å². The van der Waals surface area contributed by atoms with E-state index in [1.165, 1.54) is 0 Å². The molecular formula is C25H26N4O2. The molecule has 0 unspecified atom stereocenters. The first kappa shape index (κ1) is 20.7. The first-order chi connectivity index (χ1) is 15.0. The number of aryl methyl sites for hydroxylation is 1. The summed E-state index contributed by atoms with van der Waals surface area (Å²) in [5, 5.41) is 1.03. The molecular weight excluding hydrogens is 388 g/mol. The molecule has 3 heterocycles. The summed E-state index contributed by atoms with van der Waals surface area (Å²) in [6, 6.07) is 13.5. The summed E-state index contributed by atoms with van der Waals surface area (Å²) in [4.78, 5) is 37.9. The average molecular weight is 415 g/mol. The van der Waals surface area contributed by atoms with Gasteiger partial charge in [0.25, 0.3) is 5.56 Å². The Kier molecular flexibility index (Phi) is 6.07. The number of carbonyl (C=O) groups is 1. The lowest BCUT2D eigenvalue weighted by Crippen LogP contribution is -2.30. The number of fused-ring (bicyclic) bond motifs is 1. The number of ketones is 1. The van der Waals surface area contributed by atoms with Crippen LogP contribution in [0.1, 0.15) is 31.7 Å². The van der Waals surface area contributed by atoms with Crippen molar-refractivity contribution in [1.29, 1.82) is 0 Å². The Morgan fingerprint density at radius 2 is 1.94 bits per heavy atom. The molecule has 158 valence electrons. The zero-order valence-electron chi connectivity index (χ0n) is 17.8. The van der Waals surface area contributed by atoms with Crippen molar-refractivity contribution in [2.24, 2.45) is 5.92 Å². The van der Waals surface area contributed by atoms with Gasteiger partial charge in [0.15, 0.2) is 5.78 Å². The summed E-state index contributed by atoms with van der Waals surface area (Å²) in [7, 11) is 0. The molecule has 0 saturated carbocycles. The Labute approximate surface area is 181 Å². The first-order valence-electron chi connectivity index (χ1n) is 10.6. The largest absolute Gasteiger partial charge is 0.358 e. The smallest absolute Gasteiger partial charge is 0.273 e. The Balaban J connectivity index is 1.57. The SMILES string of the molecule is CC(C)Cc1ncc(-c2ccccc2)n(CC(=O)CCc2cc3cnccc3[nH]2)c1=O. The minimum atomic E-state index is -0.180. The molecule has 0 radical (unpaired) electrons. The molecule has 0 spiro atoms. The van der Waals surface area contributed by atoms with Crippen LogP contribution in [0.15, 0.2) is 65.8 Å². The monoisotopic (exact) mass is 414 g/mol. The molecule has 0 bridgehead atoms. The number of aromatic amines is 1. The van der Waals surface area contributed by atoms with Gasteiger partial charge in [-0.25, -0.2) is 0 Å². The lowest BCUT2D eigenvalue weighted by molar-refractivity contribution is -0.119. The van der Waals surface area contributed by atoms with Gasteiger partial charge in [0, 0.05) is 35.4 Å². The molecule has 0 amide bonds. The van der Waals surface area contributed by atoms with Crippen molar-refractivity contribution in [2.75, 3.05) is 0 Å². The molecule has 31 heavy (non-hydrogen) atoms. The van der Waals surface area contributed by atoms with Crippen molar-refractivity contribution in [3.63, 3.8) is 0 Å². The number of H-pyrrole nitrogens is 1. The molecule has 4 rings (SSSR count). The van der Waals surface area contributed by atoms with Gasteiger partial charge in [-0.1, -0.05) is 44.2 Å². The van der Waals surface area contributed by atoms with Crippen LogP contribution in [0, 0.1) is 5.92 Å². The number of nitrogens with one attached hydrogen (secondary N) is 1. The number of pyridine rings is 1. The van der Waals surface area contributed by atoms with Gasteiger partial charge in [-0.05, 0) is 36.5 Å². The summed E-state index contributed by atoms with van der Waals surface area (Å²) in [6.45, 7) is 4.15. The van der Waals surface area contributed by atoms with E-state index < -0.39 is 0 Å². The van der Waals surface area contributed by atoms with Crippen molar-refractivity contribution >= 4 is 16.7 Å². The summed E-state index contributed by atoms with van der Waals surface area (Å²) in [5.41, 5.74) is 3.86. The van der Waals surface area contributed by atoms with E-state index in [0.717, 1.165) is 22.2 Å². The predicted octanol–water partition coefficient (Wildman–Crippen LogP) is 4.19. The third-order valence-corrected chi connectivity index (χ3v) is 5.28. The van der Waals surface area contributed by atoms with Crippen LogP contribution >= 0.6 is 0 Å². The minimum absolute atomic E-state index is 0.0118. The second kappa shape index (κ2) is 9.08. The van der Waals surface area contributed by atoms with E-state index >= 15 is 0 Å². The number of hydrogen-bond acceptors (Lipinski definition) is 4. The molecule has 6 heteroatoms. The van der Waals surface area contributed by atoms with Crippen LogP contribution in [-0.4, -0.2) is 25.3 Å². The van der Waals surface area contributed by atoms with Crippen molar-refractivity contribution in [2.45, 2.75) is 39.7 Å². The van der Waals surface area contributed by atoms with Crippen LogP contribution in [0.4, 0.5) is 0 Å². The molecule has 0 aliphatic rings. The van der Waals surface area contributed by atoms with Crippen LogP contribution in [0.2, 0.25) is 0 Å². The van der Waals surface area contributed by atoms with E-state index in [0.29, 0.717) is 36.6 Å². The minimum Gasteiger partial charge on any atom is -0.358 e. The lowest BCUT2D eigenvalue weighted by atomic mass is 10.1. The molecule has 0 fully saturated rings. The van der Waals surface area contributed by atoms with Crippen molar-refractivity contribution in [1.82, 2.24) is 19.5 Å². The molecule has 0 aliphatic carbocycles.